The zero-order valence-corrected chi connectivity index (χ0v) is 20.7. The van der Waals surface area contributed by atoms with Crippen LogP contribution in [0.1, 0.15) is 18.4 Å². The maximum absolute atomic E-state index is 12.7. The normalized spacial score (nSPS) is 15.1. The van der Waals surface area contributed by atoms with Crippen molar-refractivity contribution in [2.24, 2.45) is 5.92 Å². The molecule has 1 amide bonds. The highest BCUT2D eigenvalue weighted by atomic mass is 35.5. The lowest BCUT2D eigenvalue weighted by Crippen LogP contribution is -2.37. The Morgan fingerprint density at radius 3 is 2.26 bits per heavy atom. The van der Waals surface area contributed by atoms with Crippen molar-refractivity contribution in [2.45, 2.75) is 24.3 Å². The maximum Gasteiger partial charge on any atom is 0.261 e. The molecular weight excluding hydrogens is 493 g/mol. The molecule has 0 unspecified atom stereocenters. The summed E-state index contributed by atoms with van der Waals surface area (Å²) in [5.74, 6) is -0.110. The van der Waals surface area contributed by atoms with Gasteiger partial charge in [-0.1, -0.05) is 59.6 Å². The molecular formula is C25H25Cl2N3O3S. The van der Waals surface area contributed by atoms with Gasteiger partial charge in [-0.25, -0.2) is 8.42 Å². The molecule has 34 heavy (non-hydrogen) atoms. The van der Waals surface area contributed by atoms with Crippen molar-refractivity contribution in [2.75, 3.05) is 23.1 Å². The molecule has 9 heteroatoms. The minimum absolute atomic E-state index is 0.0428. The average Bonchev–Trinajstić information content (AvgIpc) is 2.83. The van der Waals surface area contributed by atoms with Crippen LogP contribution in [0.5, 0.6) is 0 Å². The topological polar surface area (TPSA) is 78.5 Å². The fraction of sp³-hybridized carbons (Fsp3) is 0.240. The predicted molar refractivity (Wildman–Crippen MR) is 137 cm³/mol. The lowest BCUT2D eigenvalue weighted by molar-refractivity contribution is -0.121. The monoisotopic (exact) mass is 517 g/mol. The van der Waals surface area contributed by atoms with Gasteiger partial charge in [-0.3, -0.25) is 14.4 Å². The van der Waals surface area contributed by atoms with Crippen molar-refractivity contribution in [1.82, 2.24) is 4.90 Å². The van der Waals surface area contributed by atoms with E-state index < -0.39 is 10.0 Å². The molecule has 0 spiro atoms. The molecule has 0 radical (unpaired) electrons. The number of benzene rings is 3. The molecule has 3 aromatic rings. The Kier molecular flexibility index (Phi) is 7.78. The molecule has 2 N–H and O–H groups in total. The summed E-state index contributed by atoms with van der Waals surface area (Å²) < 4.78 is 27.8. The van der Waals surface area contributed by atoms with Crippen LogP contribution in [0, 0.1) is 5.92 Å². The van der Waals surface area contributed by atoms with E-state index in [4.69, 9.17) is 23.2 Å². The maximum atomic E-state index is 12.7. The van der Waals surface area contributed by atoms with Gasteiger partial charge in [0.25, 0.3) is 10.0 Å². The molecule has 1 aliphatic heterocycles. The fourth-order valence-corrected chi connectivity index (χ4v) is 5.42. The minimum atomic E-state index is -3.86. The van der Waals surface area contributed by atoms with Crippen LogP contribution in [0.15, 0.2) is 77.7 Å². The van der Waals surface area contributed by atoms with E-state index in [9.17, 15) is 13.2 Å². The highest BCUT2D eigenvalue weighted by molar-refractivity contribution is 7.92. The average molecular weight is 518 g/mol. The number of hydrogen-bond donors (Lipinski definition) is 2. The molecule has 1 aliphatic rings. The van der Waals surface area contributed by atoms with Crippen LogP contribution in [0.3, 0.4) is 0 Å². The summed E-state index contributed by atoms with van der Waals surface area (Å²) in [5.41, 5.74) is 2.02. The van der Waals surface area contributed by atoms with Gasteiger partial charge in [-0.05, 0) is 67.9 Å². The largest absolute Gasteiger partial charge is 0.326 e. The summed E-state index contributed by atoms with van der Waals surface area (Å²) in [6.07, 6.45) is 1.57. The number of rotatable bonds is 7. The quantitative estimate of drug-likeness (QED) is 0.424. The number of amides is 1. The van der Waals surface area contributed by atoms with Gasteiger partial charge in [0.15, 0.2) is 0 Å². The van der Waals surface area contributed by atoms with Crippen LogP contribution in [0.4, 0.5) is 11.4 Å². The smallest absolute Gasteiger partial charge is 0.261 e. The van der Waals surface area contributed by atoms with Crippen molar-refractivity contribution in [3.63, 3.8) is 0 Å². The molecule has 0 atom stereocenters. The number of piperidine rings is 1. The first-order valence-corrected chi connectivity index (χ1v) is 13.2. The van der Waals surface area contributed by atoms with Crippen molar-refractivity contribution >= 4 is 50.5 Å². The number of carbonyl (C=O) groups excluding carboxylic acids is 1. The molecule has 0 aliphatic carbocycles. The molecule has 178 valence electrons. The van der Waals surface area contributed by atoms with Gasteiger partial charge >= 0.3 is 0 Å². The number of anilines is 2. The summed E-state index contributed by atoms with van der Waals surface area (Å²) >= 11 is 12.0. The second-order valence-corrected chi connectivity index (χ2v) is 10.7. The van der Waals surface area contributed by atoms with Crippen molar-refractivity contribution in [3.8, 4) is 0 Å². The zero-order valence-electron chi connectivity index (χ0n) is 18.4. The Morgan fingerprint density at radius 2 is 1.59 bits per heavy atom. The summed E-state index contributed by atoms with van der Waals surface area (Å²) in [6, 6.07) is 21.1. The number of nitrogens with zero attached hydrogens (tertiary/aromatic N) is 1. The van der Waals surface area contributed by atoms with Gasteiger partial charge in [0.1, 0.15) is 0 Å². The lowest BCUT2D eigenvalue weighted by atomic mass is 9.95. The number of nitrogens with one attached hydrogen (secondary N) is 2. The number of halogens is 2. The van der Waals surface area contributed by atoms with Crippen LogP contribution >= 0.6 is 23.2 Å². The van der Waals surface area contributed by atoms with Gasteiger partial charge in [-0.2, -0.15) is 0 Å². The van der Waals surface area contributed by atoms with Gasteiger partial charge in [0, 0.05) is 18.2 Å². The number of likely N-dealkylation sites (tertiary alicyclic amines) is 1. The van der Waals surface area contributed by atoms with E-state index in [0.29, 0.717) is 5.69 Å². The molecule has 1 heterocycles. The Bertz CT molecular complexity index is 1240. The third kappa shape index (κ3) is 6.10. The zero-order chi connectivity index (χ0) is 24.1. The summed E-state index contributed by atoms with van der Waals surface area (Å²) in [5, 5.41) is 3.30. The molecule has 4 rings (SSSR count). The van der Waals surface area contributed by atoms with E-state index in [2.05, 4.69) is 27.1 Å². The number of hydrogen-bond acceptors (Lipinski definition) is 4. The Balaban J connectivity index is 1.32. The first kappa shape index (κ1) is 24.5. The first-order valence-electron chi connectivity index (χ1n) is 11.0. The van der Waals surface area contributed by atoms with E-state index >= 15 is 0 Å². The minimum Gasteiger partial charge on any atom is -0.326 e. The Labute approximate surface area is 209 Å². The lowest BCUT2D eigenvalue weighted by Gasteiger charge is -2.31. The van der Waals surface area contributed by atoms with E-state index in [1.165, 1.54) is 23.8 Å². The number of carbonyl (C=O) groups is 1. The van der Waals surface area contributed by atoms with Crippen molar-refractivity contribution < 1.29 is 13.2 Å². The highest BCUT2D eigenvalue weighted by Gasteiger charge is 2.25. The van der Waals surface area contributed by atoms with Gasteiger partial charge in [0.2, 0.25) is 5.91 Å². The van der Waals surface area contributed by atoms with Crippen LogP contribution in [-0.2, 0) is 21.4 Å². The van der Waals surface area contributed by atoms with Crippen LogP contribution in [0.25, 0.3) is 0 Å². The molecule has 1 fully saturated rings. The highest BCUT2D eigenvalue weighted by Crippen LogP contribution is 2.31. The molecule has 6 nitrogen and oxygen atoms in total. The standard InChI is InChI=1S/C25H25Cl2N3O3S/c26-22-7-4-8-23(24(22)27)29-34(32,33)21-11-9-20(10-12-21)28-25(31)19-13-15-30(16-14-19)17-18-5-2-1-3-6-18/h1-12,19,29H,13-17H2,(H,28,31). The predicted octanol–water partition coefficient (Wildman–Crippen LogP) is 5.64. The molecule has 3 aromatic carbocycles. The second kappa shape index (κ2) is 10.8. The van der Waals surface area contributed by atoms with Crippen molar-refractivity contribution in [3.05, 3.63) is 88.4 Å². The fourth-order valence-electron chi connectivity index (χ4n) is 3.94. The third-order valence-corrected chi connectivity index (χ3v) is 8.04. The molecule has 0 bridgehead atoms. The Hall–Kier alpha value is -2.58. The Morgan fingerprint density at radius 1 is 0.912 bits per heavy atom. The number of sulfonamides is 1. The molecule has 0 aromatic heterocycles. The summed E-state index contributed by atoms with van der Waals surface area (Å²) in [4.78, 5) is 15.1. The summed E-state index contributed by atoms with van der Waals surface area (Å²) in [7, 11) is -3.86. The van der Waals surface area contributed by atoms with Crippen molar-refractivity contribution in [1.29, 1.82) is 0 Å². The van der Waals surface area contributed by atoms with Crippen LogP contribution < -0.4 is 10.0 Å². The third-order valence-electron chi connectivity index (χ3n) is 5.84. The van der Waals surface area contributed by atoms with Gasteiger partial charge < -0.3 is 5.32 Å². The molecule has 0 saturated carbocycles. The van der Waals surface area contributed by atoms with Gasteiger partial charge in [-0.15, -0.1) is 0 Å². The molecule has 1 saturated heterocycles. The SMILES string of the molecule is O=C(Nc1ccc(S(=O)(=O)Nc2cccc(Cl)c2Cl)cc1)C1CCN(Cc2ccccc2)CC1. The van der Waals surface area contributed by atoms with Crippen LogP contribution in [0.2, 0.25) is 10.0 Å². The summed E-state index contributed by atoms with van der Waals surface area (Å²) in [6.45, 7) is 2.61. The van der Waals surface area contributed by atoms with E-state index in [0.717, 1.165) is 32.5 Å². The first-order chi connectivity index (χ1) is 16.3. The van der Waals surface area contributed by atoms with Crippen LogP contribution in [-0.4, -0.2) is 32.3 Å². The van der Waals surface area contributed by atoms with E-state index in [1.54, 1.807) is 24.3 Å². The van der Waals surface area contributed by atoms with Gasteiger partial charge in [0.05, 0.1) is 20.6 Å². The second-order valence-electron chi connectivity index (χ2n) is 8.26. The van der Waals surface area contributed by atoms with E-state index in [-0.39, 0.29) is 32.5 Å². The van der Waals surface area contributed by atoms with E-state index in [1.807, 2.05) is 18.2 Å².